The van der Waals surface area contributed by atoms with Gasteiger partial charge in [-0.1, -0.05) is 34.6 Å². The Labute approximate surface area is 336 Å². The molecule has 15 nitrogen and oxygen atoms in total. The molecule has 0 radical (unpaired) electrons. The van der Waals surface area contributed by atoms with Crippen LogP contribution in [-0.2, 0) is 23.7 Å². The van der Waals surface area contributed by atoms with Gasteiger partial charge in [0.05, 0.1) is 48.8 Å². The SMILES string of the molecule is CC(C)(O)[C@H]1CC[C@@](C)(C2CC[C@]3(C)[C@@H]2[C@H](O)C[C@@H]2[C@@]4(C)CC[C@H](O)C(C)(C)[C@@H]4[C@@H](O[C@@H]4O[C@H](CO)[C@@H](O)[C@H](O)[C@H]4O[C@@H]4O[C@H](CO)[C@@H](O)[C@H](O)[C@H]4O)C[C@]23C)O1. The van der Waals surface area contributed by atoms with Crippen LogP contribution in [0.3, 0.4) is 0 Å². The topological polar surface area (TPSA) is 248 Å². The van der Waals surface area contributed by atoms with Crippen LogP contribution in [0.4, 0.5) is 0 Å². The fraction of sp³-hybridized carbons (Fsp3) is 1.00. The van der Waals surface area contributed by atoms with Gasteiger partial charge in [0.25, 0.3) is 0 Å². The highest BCUT2D eigenvalue weighted by molar-refractivity contribution is 5.22. The number of hydrogen-bond donors (Lipinski definition) is 10. The predicted octanol–water partition coefficient (Wildman–Crippen LogP) is 0.331. The van der Waals surface area contributed by atoms with Gasteiger partial charge < -0.3 is 74.7 Å². The average molecular weight is 817 g/mol. The van der Waals surface area contributed by atoms with Gasteiger partial charge in [-0.05, 0) is 117 Å². The molecule has 10 N–H and O–H groups in total. The molecule has 57 heavy (non-hydrogen) atoms. The van der Waals surface area contributed by atoms with Crippen LogP contribution in [0.1, 0.15) is 107 Å². The highest BCUT2D eigenvalue weighted by atomic mass is 16.8. The molecule has 3 heterocycles. The van der Waals surface area contributed by atoms with Gasteiger partial charge in [-0.15, -0.1) is 0 Å². The third-order valence-electron chi connectivity index (χ3n) is 17.4. The van der Waals surface area contributed by atoms with Crippen molar-refractivity contribution >= 4 is 0 Å². The maximum Gasteiger partial charge on any atom is 0.187 e. The summed E-state index contributed by atoms with van der Waals surface area (Å²) in [7, 11) is 0. The lowest BCUT2D eigenvalue weighted by Crippen LogP contribution is -2.71. The molecule has 0 bridgehead atoms. The zero-order valence-corrected chi connectivity index (χ0v) is 35.0. The second-order valence-electron chi connectivity index (χ2n) is 21.2. The molecule has 0 spiro atoms. The minimum absolute atomic E-state index is 0.0316. The Bertz CT molecular complexity index is 1440. The number of fused-ring (bicyclic) bond motifs is 5. The van der Waals surface area contributed by atoms with E-state index in [4.69, 9.17) is 23.7 Å². The summed E-state index contributed by atoms with van der Waals surface area (Å²) in [5.74, 6) is -0.343. The summed E-state index contributed by atoms with van der Waals surface area (Å²) in [6.45, 7) is 15.3. The first-order chi connectivity index (χ1) is 26.4. The Hall–Kier alpha value is -0.600. The Morgan fingerprint density at radius 1 is 0.684 bits per heavy atom. The Kier molecular flexibility index (Phi) is 11.7. The van der Waals surface area contributed by atoms with Gasteiger partial charge in [-0.2, -0.15) is 0 Å². The molecule has 0 aromatic carbocycles. The fourth-order valence-corrected chi connectivity index (χ4v) is 14.1. The van der Waals surface area contributed by atoms with Gasteiger partial charge in [-0.25, -0.2) is 0 Å². The number of aliphatic hydroxyl groups is 10. The van der Waals surface area contributed by atoms with Crippen molar-refractivity contribution in [2.75, 3.05) is 13.2 Å². The number of ether oxygens (including phenoxy) is 5. The molecule has 0 aromatic heterocycles. The summed E-state index contributed by atoms with van der Waals surface area (Å²) in [4.78, 5) is 0. The fourth-order valence-electron chi connectivity index (χ4n) is 14.1. The molecule has 330 valence electrons. The molecule has 22 atom stereocenters. The zero-order chi connectivity index (χ0) is 42.0. The van der Waals surface area contributed by atoms with Crippen LogP contribution in [0.15, 0.2) is 0 Å². The summed E-state index contributed by atoms with van der Waals surface area (Å²) in [6.07, 6.45) is -12.6. The second-order valence-corrected chi connectivity index (χ2v) is 21.2. The average Bonchev–Trinajstić information content (AvgIpc) is 3.73. The quantitative estimate of drug-likeness (QED) is 0.148. The van der Waals surface area contributed by atoms with Crippen LogP contribution >= 0.6 is 0 Å². The van der Waals surface area contributed by atoms with E-state index < -0.39 is 126 Å². The molecule has 4 aliphatic carbocycles. The van der Waals surface area contributed by atoms with Crippen molar-refractivity contribution in [3.63, 3.8) is 0 Å². The third-order valence-corrected chi connectivity index (χ3v) is 17.4. The number of hydrogen-bond acceptors (Lipinski definition) is 15. The van der Waals surface area contributed by atoms with E-state index >= 15 is 0 Å². The number of rotatable bonds is 8. The van der Waals surface area contributed by atoms with Crippen molar-refractivity contribution in [3.8, 4) is 0 Å². The predicted molar refractivity (Wildman–Crippen MR) is 202 cm³/mol. The van der Waals surface area contributed by atoms with E-state index in [0.29, 0.717) is 25.7 Å². The van der Waals surface area contributed by atoms with E-state index in [2.05, 4.69) is 27.7 Å². The van der Waals surface area contributed by atoms with Crippen LogP contribution in [-0.4, -0.2) is 161 Å². The van der Waals surface area contributed by atoms with Crippen LogP contribution < -0.4 is 0 Å². The monoisotopic (exact) mass is 816 g/mol. The van der Waals surface area contributed by atoms with E-state index in [1.54, 1.807) is 13.8 Å². The molecule has 7 fully saturated rings. The molecule has 15 heteroatoms. The van der Waals surface area contributed by atoms with E-state index in [1.165, 1.54) is 0 Å². The molecular formula is C42H72O15. The summed E-state index contributed by atoms with van der Waals surface area (Å²) in [5.41, 5.74) is -3.49. The molecule has 3 saturated heterocycles. The van der Waals surface area contributed by atoms with Crippen molar-refractivity contribution in [1.29, 1.82) is 0 Å². The Balaban J connectivity index is 1.26. The largest absolute Gasteiger partial charge is 0.394 e. The van der Waals surface area contributed by atoms with Gasteiger partial charge in [0.2, 0.25) is 0 Å². The summed E-state index contributed by atoms with van der Waals surface area (Å²) in [5, 5.41) is 109. The molecule has 3 aliphatic heterocycles. The third kappa shape index (κ3) is 6.80. The van der Waals surface area contributed by atoms with E-state index in [-0.39, 0.29) is 29.8 Å². The Morgan fingerprint density at radius 2 is 1.30 bits per heavy atom. The molecule has 0 aromatic rings. The summed E-state index contributed by atoms with van der Waals surface area (Å²) < 4.78 is 31.8. The molecular weight excluding hydrogens is 744 g/mol. The first-order valence-corrected chi connectivity index (χ1v) is 21.4. The maximum absolute atomic E-state index is 12.4. The normalized spacial score (nSPS) is 56.5. The van der Waals surface area contributed by atoms with Crippen molar-refractivity contribution in [2.24, 2.45) is 45.3 Å². The van der Waals surface area contributed by atoms with Crippen LogP contribution in [0.5, 0.6) is 0 Å². The van der Waals surface area contributed by atoms with Crippen molar-refractivity contribution in [3.05, 3.63) is 0 Å². The first kappa shape index (κ1) is 44.5. The van der Waals surface area contributed by atoms with E-state index in [9.17, 15) is 51.1 Å². The highest BCUT2D eigenvalue weighted by Crippen LogP contribution is 2.76. The maximum atomic E-state index is 12.4. The van der Waals surface area contributed by atoms with Crippen molar-refractivity contribution < 1.29 is 74.7 Å². The van der Waals surface area contributed by atoms with Crippen LogP contribution in [0, 0.1) is 45.3 Å². The number of aliphatic hydroxyl groups excluding tert-OH is 9. The van der Waals surface area contributed by atoms with Crippen LogP contribution in [0.2, 0.25) is 0 Å². The second kappa shape index (κ2) is 15.0. The van der Waals surface area contributed by atoms with E-state index in [0.717, 1.165) is 25.7 Å². The standard InChI is InChI=1S/C42H72O15/c1-37(2)25(46)10-12-39(5)24-15-20(45)27-19(42(8)14-11-26(57-42)38(3,4)52)9-13-40(27,6)41(24,7)16-21(34(37)39)53-36-33(31(50)29(48)23(18-44)55-36)56-35-32(51)30(49)28(47)22(17-43)54-35/h19-36,43-52H,9-18H2,1-8H3/t19?,20-,21+,22-,23-,24-,25+,26-,27+,28-,29-,30+,31+,32-,33-,34+,35+,36-,39-,40-,41-,42+/m1/s1. The van der Waals surface area contributed by atoms with Gasteiger partial charge in [0, 0.05) is 0 Å². The highest BCUT2D eigenvalue weighted by Gasteiger charge is 2.74. The van der Waals surface area contributed by atoms with Crippen molar-refractivity contribution in [2.45, 2.75) is 204 Å². The molecule has 0 amide bonds. The molecule has 4 saturated carbocycles. The summed E-state index contributed by atoms with van der Waals surface area (Å²) in [6, 6.07) is 0. The van der Waals surface area contributed by atoms with Gasteiger partial charge in [0.15, 0.2) is 12.6 Å². The minimum atomic E-state index is -1.81. The minimum Gasteiger partial charge on any atom is -0.394 e. The van der Waals surface area contributed by atoms with Gasteiger partial charge >= 0.3 is 0 Å². The van der Waals surface area contributed by atoms with Crippen molar-refractivity contribution in [1.82, 2.24) is 0 Å². The van der Waals surface area contributed by atoms with E-state index in [1.807, 2.05) is 13.8 Å². The van der Waals surface area contributed by atoms with Gasteiger partial charge in [-0.3, -0.25) is 0 Å². The first-order valence-electron chi connectivity index (χ1n) is 21.4. The molecule has 1 unspecified atom stereocenters. The Morgan fingerprint density at radius 3 is 1.89 bits per heavy atom. The lowest BCUT2D eigenvalue weighted by molar-refractivity contribution is -0.383. The lowest BCUT2D eigenvalue weighted by Gasteiger charge is -2.72. The lowest BCUT2D eigenvalue weighted by atomic mass is 9.34. The van der Waals surface area contributed by atoms with Crippen LogP contribution in [0.25, 0.3) is 0 Å². The van der Waals surface area contributed by atoms with Gasteiger partial charge in [0.1, 0.15) is 48.8 Å². The molecule has 7 aliphatic rings. The molecule has 7 rings (SSSR count). The zero-order valence-electron chi connectivity index (χ0n) is 35.0. The summed E-state index contributed by atoms with van der Waals surface area (Å²) >= 11 is 0. The smallest absolute Gasteiger partial charge is 0.187 e.